The van der Waals surface area contributed by atoms with Crippen molar-refractivity contribution in [2.45, 2.75) is 64.2 Å². The highest BCUT2D eigenvalue weighted by Gasteiger charge is 2.49. The molecular weight excluding hydrogens is 312 g/mol. The first kappa shape index (κ1) is 17.3. The molecule has 0 spiro atoms. The van der Waals surface area contributed by atoms with Gasteiger partial charge < -0.3 is 10.1 Å². The molecule has 3 nitrogen and oxygen atoms in total. The number of hydrogen-bond acceptors (Lipinski definition) is 2. The topological polar surface area (TPSA) is 38.3 Å². The smallest absolute Gasteiger partial charge is 0.217 e. The molecule has 2 fully saturated rings. The van der Waals surface area contributed by atoms with E-state index in [1.807, 2.05) is 0 Å². The Bertz CT molecular complexity index is 636. The third kappa shape index (κ3) is 3.32. The van der Waals surface area contributed by atoms with Gasteiger partial charge in [0.1, 0.15) is 0 Å². The number of rotatable bonds is 2. The molecule has 1 N–H and O–H groups in total. The van der Waals surface area contributed by atoms with Crippen molar-refractivity contribution in [3.63, 3.8) is 0 Å². The average Bonchev–Trinajstić information content (AvgIpc) is 2.48. The molecule has 5 heteroatoms. The largest absolute Gasteiger partial charge is 0.370 e. The lowest BCUT2D eigenvalue weighted by Gasteiger charge is -2.52. The van der Waals surface area contributed by atoms with Gasteiger partial charge >= 0.3 is 0 Å². The zero-order chi connectivity index (χ0) is 17.5. The summed E-state index contributed by atoms with van der Waals surface area (Å²) >= 11 is 0. The molecule has 5 atom stereocenters. The van der Waals surface area contributed by atoms with Crippen molar-refractivity contribution >= 4 is 5.91 Å². The van der Waals surface area contributed by atoms with Gasteiger partial charge in [-0.2, -0.15) is 0 Å². The number of nitrogens with one attached hydrogen (secondary N) is 1. The molecule has 2 aliphatic rings. The van der Waals surface area contributed by atoms with Crippen LogP contribution < -0.4 is 5.32 Å². The van der Waals surface area contributed by atoms with Gasteiger partial charge in [-0.25, -0.2) is 8.78 Å². The summed E-state index contributed by atoms with van der Waals surface area (Å²) in [6.07, 6.45) is 3.30. The third-order valence-corrected chi connectivity index (χ3v) is 5.60. The second kappa shape index (κ2) is 6.43. The quantitative estimate of drug-likeness (QED) is 0.881. The standard InChI is InChI=1S/C19H25F2NO2/c1-11-4-6-14-17(8-11)24-18(10-19(14,3)22-12(2)23)13-5-7-15(20)16(21)9-13/h5,7,9,11,14,17-18H,4,6,8,10H2,1-3H3,(H,22,23)/t11-,14-,17-,18-,19-/m1/s1. The van der Waals surface area contributed by atoms with Gasteiger partial charge in [0.15, 0.2) is 11.6 Å². The maximum Gasteiger partial charge on any atom is 0.217 e. The highest BCUT2D eigenvalue weighted by molar-refractivity contribution is 5.73. The van der Waals surface area contributed by atoms with Crippen LogP contribution in [-0.4, -0.2) is 17.6 Å². The van der Waals surface area contributed by atoms with Crippen LogP contribution in [0, 0.1) is 23.5 Å². The molecule has 1 aromatic rings. The van der Waals surface area contributed by atoms with E-state index in [0.29, 0.717) is 17.9 Å². The van der Waals surface area contributed by atoms with E-state index in [9.17, 15) is 13.6 Å². The lowest BCUT2D eigenvalue weighted by atomic mass is 9.66. The first-order valence-electron chi connectivity index (χ1n) is 8.67. The van der Waals surface area contributed by atoms with Gasteiger partial charge in [0, 0.05) is 24.8 Å². The molecular formula is C19H25F2NO2. The second-order valence-corrected chi connectivity index (χ2v) is 7.66. The van der Waals surface area contributed by atoms with Crippen molar-refractivity contribution in [1.29, 1.82) is 0 Å². The Labute approximate surface area is 141 Å². The summed E-state index contributed by atoms with van der Waals surface area (Å²) in [7, 11) is 0. The molecule has 132 valence electrons. The Morgan fingerprint density at radius 3 is 2.71 bits per heavy atom. The van der Waals surface area contributed by atoms with Crippen LogP contribution in [0.25, 0.3) is 0 Å². The van der Waals surface area contributed by atoms with Gasteiger partial charge in [-0.1, -0.05) is 19.4 Å². The van der Waals surface area contributed by atoms with Crippen molar-refractivity contribution in [2.24, 2.45) is 11.8 Å². The van der Waals surface area contributed by atoms with Crippen molar-refractivity contribution in [3.05, 3.63) is 35.4 Å². The summed E-state index contributed by atoms with van der Waals surface area (Å²) in [6.45, 7) is 5.78. The summed E-state index contributed by atoms with van der Waals surface area (Å²) in [5.41, 5.74) is 0.229. The fourth-order valence-corrected chi connectivity index (χ4v) is 4.46. The minimum atomic E-state index is -0.864. The van der Waals surface area contributed by atoms with E-state index < -0.39 is 17.2 Å². The Morgan fingerprint density at radius 2 is 2.04 bits per heavy atom. The van der Waals surface area contributed by atoms with Crippen molar-refractivity contribution in [3.8, 4) is 0 Å². The maximum absolute atomic E-state index is 13.6. The fourth-order valence-electron chi connectivity index (χ4n) is 4.46. The Morgan fingerprint density at radius 1 is 1.29 bits per heavy atom. The zero-order valence-corrected chi connectivity index (χ0v) is 14.4. The van der Waals surface area contributed by atoms with Crippen LogP contribution in [0.1, 0.15) is 58.1 Å². The molecule has 1 amide bonds. The minimum Gasteiger partial charge on any atom is -0.370 e. The van der Waals surface area contributed by atoms with E-state index in [1.54, 1.807) is 6.07 Å². The molecule has 24 heavy (non-hydrogen) atoms. The van der Waals surface area contributed by atoms with Gasteiger partial charge in [-0.15, -0.1) is 0 Å². The SMILES string of the molecule is CC(=O)N[C@]1(C)C[C@H](c2ccc(F)c(F)c2)O[C@@H]2C[C@H](C)CC[C@H]21. The van der Waals surface area contributed by atoms with Crippen molar-refractivity contribution in [2.75, 3.05) is 0 Å². The Kier molecular flexibility index (Phi) is 4.65. The highest BCUT2D eigenvalue weighted by atomic mass is 19.2. The van der Waals surface area contributed by atoms with E-state index in [4.69, 9.17) is 4.74 Å². The van der Waals surface area contributed by atoms with Gasteiger partial charge in [0.05, 0.1) is 12.2 Å². The predicted molar refractivity (Wildman–Crippen MR) is 87.3 cm³/mol. The van der Waals surface area contributed by atoms with E-state index >= 15 is 0 Å². The summed E-state index contributed by atoms with van der Waals surface area (Å²) in [4.78, 5) is 11.7. The van der Waals surface area contributed by atoms with Crippen LogP contribution in [0.4, 0.5) is 8.78 Å². The summed E-state index contributed by atoms with van der Waals surface area (Å²) < 4.78 is 33.1. The number of carbonyl (C=O) groups excluding carboxylic acids is 1. The molecule has 0 unspecified atom stereocenters. The number of benzene rings is 1. The molecule has 1 aliphatic carbocycles. The maximum atomic E-state index is 13.6. The number of carbonyl (C=O) groups is 1. The van der Waals surface area contributed by atoms with E-state index in [1.165, 1.54) is 13.0 Å². The molecule has 1 heterocycles. The van der Waals surface area contributed by atoms with Gasteiger partial charge in [-0.3, -0.25) is 4.79 Å². The molecule has 1 saturated heterocycles. The first-order chi connectivity index (χ1) is 11.3. The van der Waals surface area contributed by atoms with Crippen molar-refractivity contribution < 1.29 is 18.3 Å². The number of fused-ring (bicyclic) bond motifs is 1. The molecule has 1 aliphatic heterocycles. The number of hydrogen-bond donors (Lipinski definition) is 1. The second-order valence-electron chi connectivity index (χ2n) is 7.66. The molecule has 0 radical (unpaired) electrons. The van der Waals surface area contributed by atoms with E-state index in [2.05, 4.69) is 19.2 Å². The van der Waals surface area contributed by atoms with Crippen LogP contribution in [-0.2, 0) is 9.53 Å². The molecule has 1 saturated carbocycles. The average molecular weight is 337 g/mol. The van der Waals surface area contributed by atoms with E-state index in [-0.39, 0.29) is 24.0 Å². The van der Waals surface area contributed by atoms with Crippen LogP contribution in [0.15, 0.2) is 18.2 Å². The number of halogens is 2. The van der Waals surface area contributed by atoms with Gasteiger partial charge in [0.2, 0.25) is 5.91 Å². The predicted octanol–water partition coefficient (Wildman–Crippen LogP) is 4.13. The molecule has 0 bridgehead atoms. The fraction of sp³-hybridized carbons (Fsp3) is 0.632. The highest BCUT2D eigenvalue weighted by Crippen LogP contribution is 2.47. The molecule has 1 aromatic carbocycles. The van der Waals surface area contributed by atoms with Crippen LogP contribution in [0.3, 0.4) is 0 Å². The first-order valence-corrected chi connectivity index (χ1v) is 8.67. The van der Waals surface area contributed by atoms with Crippen molar-refractivity contribution in [1.82, 2.24) is 5.32 Å². The van der Waals surface area contributed by atoms with Gasteiger partial charge in [0.25, 0.3) is 0 Å². The Balaban J connectivity index is 1.91. The Hall–Kier alpha value is -1.49. The van der Waals surface area contributed by atoms with Crippen LogP contribution in [0.2, 0.25) is 0 Å². The third-order valence-electron chi connectivity index (χ3n) is 5.60. The summed E-state index contributed by atoms with van der Waals surface area (Å²) in [5, 5.41) is 3.11. The minimum absolute atomic E-state index is 0.0254. The zero-order valence-electron chi connectivity index (χ0n) is 14.4. The summed E-state index contributed by atoms with van der Waals surface area (Å²) in [6, 6.07) is 3.92. The number of amides is 1. The summed E-state index contributed by atoms with van der Waals surface area (Å²) in [5.74, 6) is -0.976. The monoisotopic (exact) mass is 337 g/mol. The normalized spacial score (nSPS) is 36.0. The van der Waals surface area contributed by atoms with E-state index in [0.717, 1.165) is 25.3 Å². The van der Waals surface area contributed by atoms with Crippen LogP contribution >= 0.6 is 0 Å². The number of ether oxygens (including phenoxy) is 1. The van der Waals surface area contributed by atoms with Gasteiger partial charge in [-0.05, 0) is 43.4 Å². The van der Waals surface area contributed by atoms with Crippen LogP contribution in [0.5, 0.6) is 0 Å². The molecule has 3 rings (SSSR count). The lowest BCUT2D eigenvalue weighted by Crippen LogP contribution is -2.60. The lowest BCUT2D eigenvalue weighted by molar-refractivity contribution is -0.153. The molecule has 0 aromatic heterocycles.